The highest BCUT2D eigenvalue weighted by Crippen LogP contribution is 2.14. The molecule has 1 rings (SSSR count). The summed E-state index contributed by atoms with van der Waals surface area (Å²) in [4.78, 5) is 0. The maximum Gasteiger partial charge on any atom is 0.0934 e. The average molecular weight is 164 g/mol. The molecule has 3 nitrogen and oxygen atoms in total. The number of aliphatic hydroxyl groups excluding tert-OH is 1. The van der Waals surface area contributed by atoms with Gasteiger partial charge in [0.2, 0.25) is 0 Å². The van der Waals surface area contributed by atoms with E-state index in [2.05, 4.69) is 0 Å². The summed E-state index contributed by atoms with van der Waals surface area (Å²) < 4.78 is 0. The molecule has 0 aliphatic heterocycles. The van der Waals surface area contributed by atoms with E-state index in [1.165, 1.54) is 0 Å². The molecule has 0 heterocycles. The third kappa shape index (κ3) is 2.36. The topological polar surface area (TPSA) is 70.1 Å². The van der Waals surface area contributed by atoms with E-state index in [1.54, 1.807) is 0 Å². The van der Waals surface area contributed by atoms with Crippen molar-refractivity contribution in [2.24, 2.45) is 5.73 Å². The van der Waals surface area contributed by atoms with Gasteiger partial charge in [-0.1, -0.05) is 30.3 Å². The van der Waals surface area contributed by atoms with E-state index in [0.29, 0.717) is 0 Å². The zero-order chi connectivity index (χ0) is 8.97. The average Bonchev–Trinajstić information content (AvgIpc) is 2.05. The van der Waals surface area contributed by atoms with Gasteiger partial charge in [-0.25, -0.2) is 0 Å². The molecule has 0 saturated heterocycles. The van der Waals surface area contributed by atoms with E-state index in [-0.39, 0.29) is 12.3 Å². The summed E-state index contributed by atoms with van der Waals surface area (Å²) >= 11 is 0. The lowest BCUT2D eigenvalue weighted by Crippen LogP contribution is -2.14. The third-order valence-electron chi connectivity index (χ3n) is 1.60. The van der Waals surface area contributed by atoms with Crippen LogP contribution in [0.2, 0.25) is 0 Å². The minimum atomic E-state index is -0.649. The Kier molecular flexibility index (Phi) is 2.82. The Labute approximate surface area is 71.3 Å². The van der Waals surface area contributed by atoms with Crippen LogP contribution in [0.25, 0.3) is 0 Å². The molecule has 1 unspecified atom stereocenters. The fourth-order valence-electron chi connectivity index (χ4n) is 1.00. The highest BCUT2D eigenvalue weighted by atomic mass is 16.3. The van der Waals surface area contributed by atoms with Gasteiger partial charge in [0.05, 0.1) is 11.9 Å². The molecule has 0 radical (unpaired) electrons. The first-order valence-corrected chi connectivity index (χ1v) is 3.76. The van der Waals surface area contributed by atoms with Crippen LogP contribution in [0.5, 0.6) is 0 Å². The van der Waals surface area contributed by atoms with E-state index in [1.807, 2.05) is 30.3 Å². The normalized spacial score (nSPS) is 12.4. The van der Waals surface area contributed by atoms with E-state index in [4.69, 9.17) is 11.1 Å². The van der Waals surface area contributed by atoms with Gasteiger partial charge in [0.15, 0.2) is 0 Å². The standard InChI is InChI=1S/C9H12N2O/c10-9(11)6-8(12)7-4-2-1-3-5-7/h1-5,8,12H,6H2,(H3,10,11). The second-order valence-corrected chi connectivity index (χ2v) is 2.66. The number of nitrogens with two attached hydrogens (primary N) is 1. The Morgan fingerprint density at radius 2 is 2.00 bits per heavy atom. The van der Waals surface area contributed by atoms with Gasteiger partial charge in [0.25, 0.3) is 0 Å². The highest BCUT2D eigenvalue weighted by Gasteiger charge is 2.06. The van der Waals surface area contributed by atoms with Crippen LogP contribution in [0.4, 0.5) is 0 Å². The predicted octanol–water partition coefficient (Wildman–Crippen LogP) is 1.05. The van der Waals surface area contributed by atoms with Crippen molar-refractivity contribution < 1.29 is 5.11 Å². The molecule has 0 spiro atoms. The fourth-order valence-corrected chi connectivity index (χ4v) is 1.00. The van der Waals surface area contributed by atoms with Crippen LogP contribution in [0.15, 0.2) is 30.3 Å². The number of amidine groups is 1. The second-order valence-electron chi connectivity index (χ2n) is 2.66. The summed E-state index contributed by atoms with van der Waals surface area (Å²) in [5.41, 5.74) is 5.95. The molecule has 3 heteroatoms. The van der Waals surface area contributed by atoms with Crippen LogP contribution in [0.3, 0.4) is 0 Å². The third-order valence-corrected chi connectivity index (χ3v) is 1.60. The predicted molar refractivity (Wildman–Crippen MR) is 47.9 cm³/mol. The number of hydrogen-bond acceptors (Lipinski definition) is 2. The molecule has 1 aromatic carbocycles. The van der Waals surface area contributed by atoms with Crippen LogP contribution in [-0.4, -0.2) is 10.9 Å². The quantitative estimate of drug-likeness (QED) is 0.461. The molecule has 0 saturated carbocycles. The number of rotatable bonds is 3. The summed E-state index contributed by atoms with van der Waals surface area (Å²) in [7, 11) is 0. The Hall–Kier alpha value is -1.35. The van der Waals surface area contributed by atoms with Crippen molar-refractivity contribution in [3.8, 4) is 0 Å². The van der Waals surface area contributed by atoms with Crippen molar-refractivity contribution in [1.29, 1.82) is 5.41 Å². The molecule has 0 aliphatic carbocycles. The molecular weight excluding hydrogens is 152 g/mol. The first kappa shape index (κ1) is 8.74. The van der Waals surface area contributed by atoms with Crippen LogP contribution in [0, 0.1) is 5.41 Å². The van der Waals surface area contributed by atoms with E-state index in [0.717, 1.165) is 5.56 Å². The van der Waals surface area contributed by atoms with Gasteiger partial charge in [0.1, 0.15) is 0 Å². The van der Waals surface area contributed by atoms with E-state index in [9.17, 15) is 5.11 Å². The molecule has 0 bridgehead atoms. The van der Waals surface area contributed by atoms with Crippen molar-refractivity contribution in [2.45, 2.75) is 12.5 Å². The van der Waals surface area contributed by atoms with Crippen molar-refractivity contribution in [3.05, 3.63) is 35.9 Å². The zero-order valence-electron chi connectivity index (χ0n) is 6.70. The molecule has 4 N–H and O–H groups in total. The van der Waals surface area contributed by atoms with Gasteiger partial charge < -0.3 is 10.8 Å². The van der Waals surface area contributed by atoms with Crippen LogP contribution < -0.4 is 5.73 Å². The number of aliphatic hydroxyl groups is 1. The molecule has 0 amide bonds. The molecule has 0 fully saturated rings. The molecule has 12 heavy (non-hydrogen) atoms. The van der Waals surface area contributed by atoms with Gasteiger partial charge in [-0.2, -0.15) is 0 Å². The highest BCUT2D eigenvalue weighted by molar-refractivity contribution is 5.77. The smallest absolute Gasteiger partial charge is 0.0934 e. The van der Waals surface area contributed by atoms with Crippen LogP contribution >= 0.6 is 0 Å². The Balaban J connectivity index is 2.65. The minimum Gasteiger partial charge on any atom is -0.388 e. The van der Waals surface area contributed by atoms with E-state index >= 15 is 0 Å². The fraction of sp³-hybridized carbons (Fsp3) is 0.222. The van der Waals surface area contributed by atoms with E-state index < -0.39 is 6.10 Å². The number of hydrogen-bond donors (Lipinski definition) is 3. The number of nitrogens with one attached hydrogen (secondary N) is 1. The Bertz CT molecular complexity index is 258. The first-order valence-electron chi connectivity index (χ1n) is 3.76. The monoisotopic (exact) mass is 164 g/mol. The molecule has 0 aromatic heterocycles. The lowest BCUT2D eigenvalue weighted by Gasteiger charge is -2.08. The first-order chi connectivity index (χ1) is 5.70. The lowest BCUT2D eigenvalue weighted by molar-refractivity contribution is 0.186. The van der Waals surface area contributed by atoms with Gasteiger partial charge in [-0.3, -0.25) is 5.41 Å². The molecule has 0 aliphatic rings. The van der Waals surface area contributed by atoms with Gasteiger partial charge >= 0.3 is 0 Å². The zero-order valence-corrected chi connectivity index (χ0v) is 6.70. The molecular formula is C9H12N2O. The summed E-state index contributed by atoms with van der Waals surface area (Å²) in [5, 5.41) is 16.5. The lowest BCUT2D eigenvalue weighted by atomic mass is 10.1. The van der Waals surface area contributed by atoms with Crippen LogP contribution in [-0.2, 0) is 0 Å². The largest absolute Gasteiger partial charge is 0.388 e. The Morgan fingerprint density at radius 1 is 1.42 bits per heavy atom. The minimum absolute atomic E-state index is 0.00588. The molecule has 64 valence electrons. The number of benzene rings is 1. The second kappa shape index (κ2) is 3.88. The molecule has 1 aromatic rings. The SMILES string of the molecule is N=C(N)CC(O)c1ccccc1. The van der Waals surface area contributed by atoms with Crippen molar-refractivity contribution in [1.82, 2.24) is 0 Å². The van der Waals surface area contributed by atoms with Crippen LogP contribution in [0.1, 0.15) is 18.1 Å². The summed E-state index contributed by atoms with van der Waals surface area (Å²) in [5.74, 6) is 0.00588. The molecule has 1 atom stereocenters. The summed E-state index contributed by atoms with van der Waals surface area (Å²) in [6, 6.07) is 9.20. The summed E-state index contributed by atoms with van der Waals surface area (Å²) in [6.45, 7) is 0. The van der Waals surface area contributed by atoms with Crippen molar-refractivity contribution >= 4 is 5.84 Å². The maximum absolute atomic E-state index is 9.47. The van der Waals surface area contributed by atoms with Gasteiger partial charge in [-0.15, -0.1) is 0 Å². The maximum atomic E-state index is 9.47. The van der Waals surface area contributed by atoms with Crippen molar-refractivity contribution in [3.63, 3.8) is 0 Å². The van der Waals surface area contributed by atoms with Gasteiger partial charge in [-0.05, 0) is 5.56 Å². The van der Waals surface area contributed by atoms with Crippen molar-refractivity contribution in [2.75, 3.05) is 0 Å². The Morgan fingerprint density at radius 3 is 2.50 bits per heavy atom. The van der Waals surface area contributed by atoms with Gasteiger partial charge in [0, 0.05) is 6.42 Å². The summed E-state index contributed by atoms with van der Waals surface area (Å²) in [6.07, 6.45) is -0.451.